The molecular formula is C12H14BrFN2O2. The highest BCUT2D eigenvalue weighted by Gasteiger charge is 2.25. The summed E-state index contributed by atoms with van der Waals surface area (Å²) in [5.41, 5.74) is 4.16. The number of carbonyl (C=O) groups excluding carboxylic acids is 2. The van der Waals surface area contributed by atoms with Gasteiger partial charge in [0.25, 0.3) is 5.91 Å². The van der Waals surface area contributed by atoms with E-state index >= 15 is 0 Å². The van der Waals surface area contributed by atoms with Crippen molar-refractivity contribution in [1.29, 1.82) is 0 Å². The SMILES string of the molecule is CC(C)(CC(N)=O)NC(=O)c1c(F)cccc1Br. The molecule has 0 heterocycles. The lowest BCUT2D eigenvalue weighted by Crippen LogP contribution is -2.46. The van der Waals surface area contributed by atoms with Crippen LogP contribution in [-0.4, -0.2) is 17.4 Å². The summed E-state index contributed by atoms with van der Waals surface area (Å²) >= 11 is 3.11. The highest BCUT2D eigenvalue weighted by molar-refractivity contribution is 9.10. The number of hydrogen-bond acceptors (Lipinski definition) is 2. The van der Waals surface area contributed by atoms with E-state index in [1.807, 2.05) is 0 Å². The van der Waals surface area contributed by atoms with Crippen molar-refractivity contribution in [2.75, 3.05) is 0 Å². The van der Waals surface area contributed by atoms with Gasteiger partial charge in [0.15, 0.2) is 0 Å². The Morgan fingerprint density at radius 1 is 1.44 bits per heavy atom. The monoisotopic (exact) mass is 316 g/mol. The summed E-state index contributed by atoms with van der Waals surface area (Å²) in [4.78, 5) is 22.8. The van der Waals surface area contributed by atoms with E-state index in [1.54, 1.807) is 19.9 Å². The van der Waals surface area contributed by atoms with E-state index in [0.29, 0.717) is 4.47 Å². The predicted molar refractivity (Wildman–Crippen MR) is 69.5 cm³/mol. The molecule has 0 fully saturated rings. The van der Waals surface area contributed by atoms with E-state index < -0.39 is 23.2 Å². The molecule has 18 heavy (non-hydrogen) atoms. The third-order valence-electron chi connectivity index (χ3n) is 2.26. The van der Waals surface area contributed by atoms with Crippen molar-refractivity contribution in [2.24, 2.45) is 5.73 Å². The number of rotatable bonds is 4. The molecule has 3 N–H and O–H groups in total. The summed E-state index contributed by atoms with van der Waals surface area (Å²) < 4.78 is 13.9. The Hall–Kier alpha value is -1.43. The molecule has 2 amide bonds. The minimum absolute atomic E-state index is 0.0230. The third-order valence-corrected chi connectivity index (χ3v) is 2.92. The van der Waals surface area contributed by atoms with E-state index in [-0.39, 0.29) is 12.0 Å². The number of nitrogens with two attached hydrogens (primary N) is 1. The van der Waals surface area contributed by atoms with Crippen molar-refractivity contribution < 1.29 is 14.0 Å². The van der Waals surface area contributed by atoms with Crippen LogP contribution in [0.25, 0.3) is 0 Å². The Morgan fingerprint density at radius 2 is 2.06 bits per heavy atom. The van der Waals surface area contributed by atoms with Gasteiger partial charge in [-0.1, -0.05) is 6.07 Å². The third kappa shape index (κ3) is 3.80. The van der Waals surface area contributed by atoms with Crippen LogP contribution < -0.4 is 11.1 Å². The zero-order chi connectivity index (χ0) is 13.9. The topological polar surface area (TPSA) is 72.2 Å². The van der Waals surface area contributed by atoms with Crippen LogP contribution in [0.4, 0.5) is 4.39 Å². The molecule has 0 aliphatic rings. The quantitative estimate of drug-likeness (QED) is 0.891. The van der Waals surface area contributed by atoms with Crippen LogP contribution in [0.3, 0.4) is 0 Å². The summed E-state index contributed by atoms with van der Waals surface area (Å²) in [6, 6.07) is 4.25. The van der Waals surface area contributed by atoms with Gasteiger partial charge in [-0.15, -0.1) is 0 Å². The molecule has 1 aromatic carbocycles. The van der Waals surface area contributed by atoms with Gasteiger partial charge in [0.2, 0.25) is 5.91 Å². The number of carbonyl (C=O) groups is 2. The van der Waals surface area contributed by atoms with Gasteiger partial charge < -0.3 is 11.1 Å². The molecule has 6 heteroatoms. The first-order valence-electron chi connectivity index (χ1n) is 5.28. The number of nitrogens with one attached hydrogen (secondary N) is 1. The summed E-state index contributed by atoms with van der Waals surface area (Å²) in [6.45, 7) is 3.29. The molecular weight excluding hydrogens is 303 g/mol. The first kappa shape index (κ1) is 14.6. The van der Waals surface area contributed by atoms with Crippen LogP contribution in [0.1, 0.15) is 30.6 Å². The Kier molecular flexibility index (Phi) is 4.45. The van der Waals surface area contributed by atoms with Gasteiger partial charge in [0.1, 0.15) is 5.82 Å². The van der Waals surface area contributed by atoms with Crippen molar-refractivity contribution in [3.05, 3.63) is 34.1 Å². The zero-order valence-electron chi connectivity index (χ0n) is 10.1. The van der Waals surface area contributed by atoms with Gasteiger partial charge in [-0.2, -0.15) is 0 Å². The van der Waals surface area contributed by atoms with Crippen molar-refractivity contribution in [3.8, 4) is 0 Å². The number of amides is 2. The Labute approximate surface area is 113 Å². The lowest BCUT2D eigenvalue weighted by molar-refractivity contribution is -0.119. The van der Waals surface area contributed by atoms with Crippen LogP contribution in [0.5, 0.6) is 0 Å². The van der Waals surface area contributed by atoms with Crippen LogP contribution in [-0.2, 0) is 4.79 Å². The van der Waals surface area contributed by atoms with Crippen molar-refractivity contribution >= 4 is 27.7 Å². The molecule has 0 radical (unpaired) electrons. The van der Waals surface area contributed by atoms with Crippen molar-refractivity contribution in [2.45, 2.75) is 25.8 Å². The number of hydrogen-bond donors (Lipinski definition) is 2. The van der Waals surface area contributed by atoms with Gasteiger partial charge in [-0.3, -0.25) is 9.59 Å². The van der Waals surface area contributed by atoms with Gasteiger partial charge in [0.05, 0.1) is 5.56 Å². The summed E-state index contributed by atoms with van der Waals surface area (Å²) in [5.74, 6) is -1.75. The fourth-order valence-electron chi connectivity index (χ4n) is 1.56. The van der Waals surface area contributed by atoms with Gasteiger partial charge >= 0.3 is 0 Å². The molecule has 0 aliphatic carbocycles. The van der Waals surface area contributed by atoms with E-state index in [0.717, 1.165) is 0 Å². The Balaban J connectivity index is 2.92. The predicted octanol–water partition coefficient (Wildman–Crippen LogP) is 1.97. The maximum atomic E-state index is 13.6. The molecule has 1 aromatic rings. The van der Waals surface area contributed by atoms with Crippen molar-refractivity contribution in [3.63, 3.8) is 0 Å². The van der Waals surface area contributed by atoms with E-state index in [1.165, 1.54) is 12.1 Å². The molecule has 98 valence electrons. The second-order valence-electron chi connectivity index (χ2n) is 4.58. The molecule has 0 unspecified atom stereocenters. The molecule has 0 saturated heterocycles. The standard InChI is InChI=1S/C12H14BrFN2O2/c1-12(2,6-9(15)17)16-11(18)10-7(13)4-3-5-8(10)14/h3-5H,6H2,1-2H3,(H2,15,17)(H,16,18). The zero-order valence-corrected chi connectivity index (χ0v) is 11.7. The second-order valence-corrected chi connectivity index (χ2v) is 5.43. The molecule has 0 aliphatic heterocycles. The number of primary amides is 1. The fourth-order valence-corrected chi connectivity index (χ4v) is 2.09. The second kappa shape index (κ2) is 5.48. The Bertz CT molecular complexity index is 469. The molecule has 0 aromatic heterocycles. The van der Waals surface area contributed by atoms with Gasteiger partial charge in [-0.05, 0) is 41.9 Å². The molecule has 0 bridgehead atoms. The minimum Gasteiger partial charge on any atom is -0.370 e. The first-order valence-corrected chi connectivity index (χ1v) is 6.07. The summed E-state index contributed by atoms with van der Waals surface area (Å²) in [7, 11) is 0. The average Bonchev–Trinajstić information content (AvgIpc) is 2.13. The minimum atomic E-state index is -0.829. The lowest BCUT2D eigenvalue weighted by atomic mass is 9.99. The maximum absolute atomic E-state index is 13.6. The highest BCUT2D eigenvalue weighted by Crippen LogP contribution is 2.20. The van der Waals surface area contributed by atoms with Crippen molar-refractivity contribution in [1.82, 2.24) is 5.32 Å². The van der Waals surface area contributed by atoms with Crippen LogP contribution >= 0.6 is 15.9 Å². The molecule has 0 saturated carbocycles. The largest absolute Gasteiger partial charge is 0.370 e. The molecule has 1 rings (SSSR count). The van der Waals surface area contributed by atoms with E-state index in [9.17, 15) is 14.0 Å². The number of halogens is 2. The first-order chi connectivity index (χ1) is 8.23. The van der Waals surface area contributed by atoms with E-state index in [4.69, 9.17) is 5.73 Å². The molecule has 0 spiro atoms. The van der Waals surface area contributed by atoms with E-state index in [2.05, 4.69) is 21.2 Å². The Morgan fingerprint density at radius 3 is 2.56 bits per heavy atom. The van der Waals surface area contributed by atoms with Gasteiger partial charge in [0, 0.05) is 16.4 Å². The summed E-state index contributed by atoms with van der Waals surface area (Å²) in [6.07, 6.45) is -0.0230. The smallest absolute Gasteiger partial charge is 0.255 e. The van der Waals surface area contributed by atoms with Crippen LogP contribution in [0, 0.1) is 5.82 Å². The van der Waals surface area contributed by atoms with Gasteiger partial charge in [-0.25, -0.2) is 4.39 Å². The lowest BCUT2D eigenvalue weighted by Gasteiger charge is -2.25. The highest BCUT2D eigenvalue weighted by atomic mass is 79.9. The molecule has 4 nitrogen and oxygen atoms in total. The van der Waals surface area contributed by atoms with Crippen LogP contribution in [0.2, 0.25) is 0 Å². The van der Waals surface area contributed by atoms with Crippen LogP contribution in [0.15, 0.2) is 22.7 Å². The summed E-state index contributed by atoms with van der Waals surface area (Å²) in [5, 5.41) is 2.58. The average molecular weight is 317 g/mol. The number of benzene rings is 1. The normalized spacial score (nSPS) is 11.1. The molecule has 0 atom stereocenters. The fraction of sp³-hybridized carbons (Fsp3) is 0.333. The maximum Gasteiger partial charge on any atom is 0.255 e.